The highest BCUT2D eigenvalue weighted by atomic mass is 79.9. The topological polar surface area (TPSA) is 93.0 Å². The number of ether oxygens (including phenoxy) is 1. The van der Waals surface area contributed by atoms with Crippen LogP contribution in [0.25, 0.3) is 11.0 Å². The minimum absolute atomic E-state index is 0.149. The Morgan fingerprint density at radius 2 is 2.29 bits per heavy atom. The molecule has 3 rings (SSSR count). The average Bonchev–Trinajstić information content (AvgIpc) is 3.04. The molecule has 0 unspecified atom stereocenters. The number of benzene rings is 1. The number of halogens is 1. The molecule has 2 heterocycles. The molecule has 0 saturated carbocycles. The summed E-state index contributed by atoms with van der Waals surface area (Å²) < 4.78 is 11.4. The number of rotatable bonds is 3. The molecule has 0 radical (unpaired) electrons. The van der Waals surface area contributed by atoms with Crippen LogP contribution in [-0.4, -0.2) is 28.2 Å². The molecule has 0 aliphatic carbocycles. The first-order chi connectivity index (χ1) is 10.1. The van der Waals surface area contributed by atoms with E-state index in [9.17, 15) is 4.79 Å². The molecule has 0 aliphatic heterocycles. The number of fused-ring (bicyclic) bond motifs is 1. The lowest BCUT2D eigenvalue weighted by molar-refractivity contribution is 0.0997. The van der Waals surface area contributed by atoms with Crippen LogP contribution in [-0.2, 0) is 0 Å². The van der Waals surface area contributed by atoms with Crippen molar-refractivity contribution < 1.29 is 13.9 Å². The van der Waals surface area contributed by atoms with E-state index in [-0.39, 0.29) is 17.7 Å². The zero-order valence-corrected chi connectivity index (χ0v) is 12.8. The minimum Gasteiger partial charge on any atom is -0.466 e. The van der Waals surface area contributed by atoms with Crippen LogP contribution < -0.4 is 10.1 Å². The number of methoxy groups -OCH3 is 1. The Morgan fingerprint density at radius 3 is 3.00 bits per heavy atom. The van der Waals surface area contributed by atoms with E-state index in [0.29, 0.717) is 5.58 Å². The fourth-order valence-corrected chi connectivity index (χ4v) is 2.33. The summed E-state index contributed by atoms with van der Waals surface area (Å²) in [7, 11) is 1.44. The number of H-pyrrole nitrogens is 1. The summed E-state index contributed by atoms with van der Waals surface area (Å²) in [6, 6.07) is 5.72. The summed E-state index contributed by atoms with van der Waals surface area (Å²) in [5, 5.41) is 9.76. The quantitative estimate of drug-likeness (QED) is 0.757. The van der Waals surface area contributed by atoms with Crippen LogP contribution >= 0.6 is 15.9 Å². The number of nitrogens with one attached hydrogen (secondary N) is 2. The molecule has 108 valence electrons. The Hall–Kier alpha value is -2.35. The lowest BCUT2D eigenvalue weighted by Crippen LogP contribution is -2.13. The molecular formula is C13H11BrN4O3. The predicted octanol–water partition coefficient (Wildman–Crippen LogP) is 2.88. The first-order valence-corrected chi connectivity index (χ1v) is 6.84. The van der Waals surface area contributed by atoms with Crippen LogP contribution in [0.15, 0.2) is 27.1 Å². The Morgan fingerprint density at radius 1 is 1.48 bits per heavy atom. The Labute approximate surface area is 127 Å². The molecular weight excluding hydrogens is 340 g/mol. The summed E-state index contributed by atoms with van der Waals surface area (Å²) in [5.41, 5.74) is 1.41. The van der Waals surface area contributed by atoms with Gasteiger partial charge in [0.15, 0.2) is 5.76 Å². The molecule has 0 bridgehead atoms. The van der Waals surface area contributed by atoms with Crippen LogP contribution in [0.4, 0.5) is 5.95 Å². The Balaban J connectivity index is 1.92. The van der Waals surface area contributed by atoms with Crippen molar-refractivity contribution >= 4 is 38.8 Å². The number of furan rings is 1. The summed E-state index contributed by atoms with van der Waals surface area (Å²) in [6.07, 6.45) is 0. The maximum absolute atomic E-state index is 12.2. The highest BCUT2D eigenvalue weighted by Gasteiger charge is 2.19. The third kappa shape index (κ3) is 2.49. The normalized spacial score (nSPS) is 10.8. The number of hydrogen-bond acceptors (Lipinski definition) is 5. The van der Waals surface area contributed by atoms with Crippen LogP contribution in [0.2, 0.25) is 0 Å². The third-order valence-electron chi connectivity index (χ3n) is 2.98. The van der Waals surface area contributed by atoms with Crippen LogP contribution in [0.3, 0.4) is 0 Å². The van der Waals surface area contributed by atoms with Gasteiger partial charge in [0.05, 0.1) is 7.11 Å². The van der Waals surface area contributed by atoms with Crippen LogP contribution in [0, 0.1) is 6.92 Å². The molecule has 0 fully saturated rings. The Bertz CT molecular complexity index is 824. The maximum Gasteiger partial charge on any atom is 0.336 e. The van der Waals surface area contributed by atoms with Gasteiger partial charge in [-0.05, 0) is 25.1 Å². The lowest BCUT2D eigenvalue weighted by atomic mass is 10.1. The summed E-state index contributed by atoms with van der Waals surface area (Å²) in [4.78, 5) is 16.2. The maximum atomic E-state index is 12.2. The third-order valence-corrected chi connectivity index (χ3v) is 3.48. The van der Waals surface area contributed by atoms with E-state index in [1.165, 1.54) is 7.11 Å². The fourth-order valence-electron chi connectivity index (χ4n) is 1.97. The van der Waals surface area contributed by atoms with E-state index in [2.05, 4.69) is 36.4 Å². The second-order valence-corrected chi connectivity index (χ2v) is 5.24. The van der Waals surface area contributed by atoms with Crippen molar-refractivity contribution in [1.82, 2.24) is 15.2 Å². The SMILES string of the molecule is COc1n[nH]c(NC(=O)c2oc3ccc(Br)cc3c2C)n1. The minimum atomic E-state index is -0.404. The first kappa shape index (κ1) is 13.6. The van der Waals surface area contributed by atoms with E-state index >= 15 is 0 Å². The largest absolute Gasteiger partial charge is 0.466 e. The van der Waals surface area contributed by atoms with Gasteiger partial charge in [0, 0.05) is 15.4 Å². The number of amides is 1. The van der Waals surface area contributed by atoms with Crippen molar-refractivity contribution in [2.24, 2.45) is 0 Å². The summed E-state index contributed by atoms with van der Waals surface area (Å²) in [5.74, 6) is 0.0231. The zero-order chi connectivity index (χ0) is 15.0. The second kappa shape index (κ2) is 5.21. The number of carbonyl (C=O) groups is 1. The fraction of sp³-hybridized carbons (Fsp3) is 0.154. The molecule has 0 spiro atoms. The van der Waals surface area contributed by atoms with Crippen molar-refractivity contribution in [1.29, 1.82) is 0 Å². The van der Waals surface area contributed by atoms with E-state index in [1.54, 1.807) is 6.07 Å². The van der Waals surface area contributed by atoms with Gasteiger partial charge in [-0.25, -0.2) is 5.10 Å². The first-order valence-electron chi connectivity index (χ1n) is 6.05. The van der Waals surface area contributed by atoms with Crippen molar-refractivity contribution in [3.63, 3.8) is 0 Å². The molecule has 8 heteroatoms. The monoisotopic (exact) mass is 350 g/mol. The van der Waals surface area contributed by atoms with Gasteiger partial charge in [-0.2, -0.15) is 4.98 Å². The molecule has 2 N–H and O–H groups in total. The highest BCUT2D eigenvalue weighted by molar-refractivity contribution is 9.10. The van der Waals surface area contributed by atoms with E-state index in [4.69, 9.17) is 9.15 Å². The number of hydrogen-bond donors (Lipinski definition) is 2. The van der Waals surface area contributed by atoms with Crippen molar-refractivity contribution in [2.75, 3.05) is 12.4 Å². The molecule has 0 aliphatic rings. The molecule has 7 nitrogen and oxygen atoms in total. The number of aryl methyl sites for hydroxylation is 1. The smallest absolute Gasteiger partial charge is 0.336 e. The zero-order valence-electron chi connectivity index (χ0n) is 11.2. The summed E-state index contributed by atoms with van der Waals surface area (Å²) >= 11 is 3.40. The van der Waals surface area contributed by atoms with Crippen LogP contribution in [0.1, 0.15) is 16.1 Å². The summed E-state index contributed by atoms with van der Waals surface area (Å²) in [6.45, 7) is 1.83. The van der Waals surface area contributed by atoms with Gasteiger partial charge < -0.3 is 9.15 Å². The Kier molecular flexibility index (Phi) is 3.38. The highest BCUT2D eigenvalue weighted by Crippen LogP contribution is 2.28. The van der Waals surface area contributed by atoms with Crippen molar-refractivity contribution in [2.45, 2.75) is 6.92 Å². The van der Waals surface area contributed by atoms with Gasteiger partial charge >= 0.3 is 6.01 Å². The second-order valence-electron chi connectivity index (χ2n) is 4.32. The van der Waals surface area contributed by atoms with E-state index < -0.39 is 5.91 Å². The van der Waals surface area contributed by atoms with Crippen molar-refractivity contribution in [3.8, 4) is 6.01 Å². The molecule has 1 aromatic carbocycles. The van der Waals surface area contributed by atoms with Gasteiger partial charge in [-0.15, -0.1) is 5.10 Å². The standard InChI is InChI=1S/C13H11BrN4O3/c1-6-8-5-7(14)3-4-9(8)21-10(6)11(19)15-12-16-13(20-2)18-17-12/h3-5H,1-2H3,(H2,15,16,17,18,19). The van der Waals surface area contributed by atoms with Gasteiger partial charge in [0.1, 0.15) is 5.58 Å². The van der Waals surface area contributed by atoms with Gasteiger partial charge in [0.25, 0.3) is 5.91 Å². The average molecular weight is 351 g/mol. The van der Waals surface area contributed by atoms with Gasteiger partial charge in [-0.3, -0.25) is 10.1 Å². The molecule has 21 heavy (non-hydrogen) atoms. The van der Waals surface area contributed by atoms with E-state index in [1.807, 2.05) is 19.1 Å². The molecule has 0 atom stereocenters. The van der Waals surface area contributed by atoms with Crippen molar-refractivity contribution in [3.05, 3.63) is 34.0 Å². The number of aromatic amines is 1. The molecule has 2 aromatic heterocycles. The van der Waals surface area contributed by atoms with Gasteiger partial charge in [-0.1, -0.05) is 15.9 Å². The molecule has 0 saturated heterocycles. The molecule has 1 amide bonds. The van der Waals surface area contributed by atoms with E-state index in [0.717, 1.165) is 15.4 Å². The lowest BCUT2D eigenvalue weighted by Gasteiger charge is -1.98. The number of carbonyl (C=O) groups excluding carboxylic acids is 1. The number of anilines is 1. The predicted molar refractivity (Wildman–Crippen MR) is 79.5 cm³/mol. The number of aromatic nitrogens is 3. The van der Waals surface area contributed by atoms with Gasteiger partial charge in [0.2, 0.25) is 5.95 Å². The number of nitrogens with zero attached hydrogens (tertiary/aromatic N) is 2. The van der Waals surface area contributed by atoms with Crippen LogP contribution in [0.5, 0.6) is 6.01 Å². The molecule has 3 aromatic rings.